The van der Waals surface area contributed by atoms with Gasteiger partial charge < -0.3 is 29.7 Å². The monoisotopic (exact) mass is 671 g/mol. The molecule has 0 aliphatic carbocycles. The van der Waals surface area contributed by atoms with Gasteiger partial charge in [-0.2, -0.15) is 0 Å². The van der Waals surface area contributed by atoms with Crippen LogP contribution in [-0.2, 0) is 35.2 Å². The number of carbonyl (C=O) groups excluding carboxylic acids is 4. The summed E-state index contributed by atoms with van der Waals surface area (Å²) >= 11 is 0. The van der Waals surface area contributed by atoms with E-state index in [-0.39, 0.29) is 49.8 Å². The normalized spacial score (nSPS) is 25.6. The van der Waals surface area contributed by atoms with Crippen molar-refractivity contribution < 1.29 is 33.8 Å². The Morgan fingerprint density at radius 3 is 2.45 bits per heavy atom. The number of ether oxygens (including phenoxy) is 2. The Balaban J connectivity index is 1.48. The lowest BCUT2D eigenvalue weighted by Crippen LogP contribution is -2.59. The summed E-state index contributed by atoms with van der Waals surface area (Å²) in [6, 6.07) is 17.0. The Kier molecular flexibility index (Phi) is 11.7. The van der Waals surface area contributed by atoms with Gasteiger partial charge in [0.2, 0.25) is 17.7 Å². The molecule has 49 heavy (non-hydrogen) atoms. The van der Waals surface area contributed by atoms with E-state index < -0.39 is 47.7 Å². The van der Waals surface area contributed by atoms with E-state index in [0.29, 0.717) is 37.8 Å². The first-order valence-corrected chi connectivity index (χ1v) is 17.4. The number of hydrogen-bond acceptors (Lipinski definition) is 7. The van der Waals surface area contributed by atoms with Gasteiger partial charge in [-0.15, -0.1) is 13.2 Å². The number of benzene rings is 2. The molecule has 0 aromatic heterocycles. The van der Waals surface area contributed by atoms with Gasteiger partial charge in [0.25, 0.3) is 0 Å². The van der Waals surface area contributed by atoms with E-state index in [4.69, 9.17) is 9.47 Å². The number of aliphatic hydroxyl groups excluding tert-OH is 1. The predicted octanol–water partition coefficient (Wildman–Crippen LogP) is 4.35. The Bertz CT molecular complexity index is 1500. The molecule has 0 unspecified atom stereocenters. The lowest BCUT2D eigenvalue weighted by molar-refractivity contribution is -0.161. The van der Waals surface area contributed by atoms with Crippen molar-refractivity contribution in [2.24, 2.45) is 17.8 Å². The van der Waals surface area contributed by atoms with E-state index in [1.165, 1.54) is 4.90 Å². The van der Waals surface area contributed by atoms with Crippen molar-refractivity contribution in [3.8, 4) is 0 Å². The first-order valence-electron chi connectivity index (χ1n) is 17.4. The van der Waals surface area contributed by atoms with E-state index in [2.05, 4.69) is 18.5 Å². The zero-order valence-electron chi connectivity index (χ0n) is 28.5. The number of nitrogens with zero attached hydrogens (tertiary/aromatic N) is 2. The number of nitrogens with one attached hydrogen (secondary N) is 1. The summed E-state index contributed by atoms with van der Waals surface area (Å²) in [5, 5.41) is 13.5. The zero-order valence-corrected chi connectivity index (χ0v) is 28.5. The number of carbonyl (C=O) groups is 4. The van der Waals surface area contributed by atoms with Crippen molar-refractivity contribution in [3.05, 3.63) is 97.1 Å². The van der Waals surface area contributed by atoms with Gasteiger partial charge >= 0.3 is 5.97 Å². The molecule has 5 rings (SSSR count). The first-order chi connectivity index (χ1) is 23.7. The van der Waals surface area contributed by atoms with Crippen LogP contribution in [0.1, 0.15) is 63.2 Å². The number of hydrogen-bond donors (Lipinski definition) is 2. The minimum atomic E-state index is -1.26. The highest BCUT2D eigenvalue weighted by molar-refractivity contribution is 5.98. The van der Waals surface area contributed by atoms with Gasteiger partial charge in [0.15, 0.2) is 0 Å². The van der Waals surface area contributed by atoms with E-state index in [1.54, 1.807) is 17.1 Å². The Hall–Kier alpha value is -4.28. The Morgan fingerprint density at radius 1 is 1.12 bits per heavy atom. The van der Waals surface area contributed by atoms with E-state index in [1.807, 2.05) is 74.5 Å². The maximum atomic E-state index is 14.8. The van der Waals surface area contributed by atoms with Crippen molar-refractivity contribution in [1.29, 1.82) is 0 Å². The molecule has 3 saturated heterocycles. The van der Waals surface area contributed by atoms with Gasteiger partial charge in [0.1, 0.15) is 17.7 Å². The molecule has 2 aromatic carbocycles. The SMILES string of the molecule is C=CCCC(=O)NC[C@@H](OC(=O)[C@@H]1[C@H]2C(=O)N([C@@H](CO)[C@@H](C)CC)[C@H](C(=O)N(CC=C)Cc3ccccc3)[C@]23CC[C@H]1O3)c1ccccc1. The molecule has 3 aliphatic heterocycles. The van der Waals surface area contributed by atoms with Crippen molar-refractivity contribution >= 4 is 23.7 Å². The molecule has 3 amide bonds. The molecule has 10 nitrogen and oxygen atoms in total. The minimum absolute atomic E-state index is 0.0531. The van der Waals surface area contributed by atoms with Gasteiger partial charge in [-0.1, -0.05) is 93.1 Å². The Labute approximate surface area is 289 Å². The molecule has 3 aliphatic rings. The third-order valence-electron chi connectivity index (χ3n) is 10.5. The van der Waals surface area contributed by atoms with Gasteiger partial charge in [-0.05, 0) is 36.3 Å². The van der Waals surface area contributed by atoms with Crippen LogP contribution in [0.25, 0.3) is 0 Å². The van der Waals surface area contributed by atoms with Crippen LogP contribution in [-0.4, -0.2) is 82.1 Å². The summed E-state index contributed by atoms with van der Waals surface area (Å²) < 4.78 is 12.8. The lowest BCUT2D eigenvalue weighted by atomic mass is 9.70. The molecule has 0 radical (unpaired) electrons. The summed E-state index contributed by atoms with van der Waals surface area (Å²) in [5.41, 5.74) is 0.356. The highest BCUT2D eigenvalue weighted by Gasteiger charge is 2.76. The minimum Gasteiger partial charge on any atom is -0.455 e. The number of rotatable bonds is 17. The summed E-state index contributed by atoms with van der Waals surface area (Å²) in [4.78, 5) is 59.4. The molecule has 10 heteroatoms. The largest absolute Gasteiger partial charge is 0.455 e. The van der Waals surface area contributed by atoms with Crippen LogP contribution in [0.15, 0.2) is 86.0 Å². The smallest absolute Gasteiger partial charge is 0.313 e. The second-order valence-electron chi connectivity index (χ2n) is 13.4. The molecule has 3 fully saturated rings. The van der Waals surface area contributed by atoms with Crippen LogP contribution in [0.2, 0.25) is 0 Å². The number of likely N-dealkylation sites (tertiary alicyclic amines) is 1. The fourth-order valence-corrected chi connectivity index (χ4v) is 7.82. The van der Waals surface area contributed by atoms with Gasteiger partial charge in [-0.3, -0.25) is 19.2 Å². The van der Waals surface area contributed by atoms with Crippen LogP contribution in [0.3, 0.4) is 0 Å². The second-order valence-corrected chi connectivity index (χ2v) is 13.4. The maximum Gasteiger partial charge on any atom is 0.313 e. The second kappa shape index (κ2) is 16.0. The molecule has 0 saturated carbocycles. The molecule has 2 bridgehead atoms. The van der Waals surface area contributed by atoms with Crippen LogP contribution < -0.4 is 5.32 Å². The zero-order chi connectivity index (χ0) is 35.1. The Morgan fingerprint density at radius 2 is 1.82 bits per heavy atom. The van der Waals surface area contributed by atoms with Gasteiger partial charge in [0, 0.05) is 19.5 Å². The molecular formula is C39H49N3O7. The van der Waals surface area contributed by atoms with E-state index >= 15 is 0 Å². The molecule has 2 N–H and O–H groups in total. The van der Waals surface area contributed by atoms with E-state index in [9.17, 15) is 24.3 Å². The van der Waals surface area contributed by atoms with Crippen LogP contribution in [0, 0.1) is 17.8 Å². The van der Waals surface area contributed by atoms with Crippen molar-refractivity contribution in [2.45, 2.75) is 82.4 Å². The highest BCUT2D eigenvalue weighted by Crippen LogP contribution is 2.59. The number of esters is 1. The molecule has 8 atom stereocenters. The number of fused-ring (bicyclic) bond motifs is 1. The fraction of sp³-hybridized carbons (Fsp3) is 0.487. The average Bonchev–Trinajstić information content (AvgIpc) is 3.77. The summed E-state index contributed by atoms with van der Waals surface area (Å²) in [5.74, 6) is -3.54. The molecule has 1 spiro atoms. The highest BCUT2D eigenvalue weighted by atomic mass is 16.6. The topological polar surface area (TPSA) is 125 Å². The number of aliphatic hydroxyl groups is 1. The molecular weight excluding hydrogens is 622 g/mol. The van der Waals surface area contributed by atoms with Gasteiger partial charge in [0.05, 0.1) is 37.1 Å². The standard InChI is InChI=1S/C39H49N3O7/c1-5-8-19-32(44)40-23-31(28-17-13-10-14-18-28)48-38(47)33-30-20-21-39(49-30)34(33)36(45)42(29(25-43)26(4)7-3)35(39)37(46)41(22-6-2)24-27-15-11-9-12-16-27/h5-6,9-18,26,29-31,33-35,43H,1-2,7-8,19-25H2,3-4H3,(H,40,44)/t26-,29-,30+,31+,33-,34-,35+,39-/m0/s1. The van der Waals surface area contributed by atoms with Crippen molar-refractivity contribution in [1.82, 2.24) is 15.1 Å². The summed E-state index contributed by atoms with van der Waals surface area (Å²) in [7, 11) is 0. The lowest BCUT2D eigenvalue weighted by Gasteiger charge is -2.41. The van der Waals surface area contributed by atoms with Crippen LogP contribution >= 0.6 is 0 Å². The summed E-state index contributed by atoms with van der Waals surface area (Å²) in [6.07, 6.45) is 4.24. The fourth-order valence-electron chi connectivity index (χ4n) is 7.82. The third-order valence-corrected chi connectivity index (χ3v) is 10.5. The maximum absolute atomic E-state index is 14.8. The van der Waals surface area contributed by atoms with Crippen molar-refractivity contribution in [3.63, 3.8) is 0 Å². The quantitative estimate of drug-likeness (QED) is 0.189. The van der Waals surface area contributed by atoms with E-state index in [0.717, 1.165) is 5.56 Å². The average molecular weight is 672 g/mol. The molecule has 2 aromatic rings. The molecule has 3 heterocycles. The molecule has 262 valence electrons. The third kappa shape index (κ3) is 7.21. The van der Waals surface area contributed by atoms with Crippen molar-refractivity contribution in [2.75, 3.05) is 19.7 Å². The van der Waals surface area contributed by atoms with Gasteiger partial charge in [-0.25, -0.2) is 0 Å². The predicted molar refractivity (Wildman–Crippen MR) is 185 cm³/mol. The number of allylic oxidation sites excluding steroid dienone is 1. The number of amides is 3. The van der Waals surface area contributed by atoms with Crippen LogP contribution in [0.5, 0.6) is 0 Å². The summed E-state index contributed by atoms with van der Waals surface area (Å²) in [6.45, 7) is 11.7. The first kappa shape index (κ1) is 36.0. The van der Waals surface area contributed by atoms with Crippen LogP contribution in [0.4, 0.5) is 0 Å².